The lowest BCUT2D eigenvalue weighted by atomic mass is 10.1. The normalized spacial score (nSPS) is 15.4. The van der Waals surface area contributed by atoms with Crippen molar-refractivity contribution < 1.29 is 23.5 Å². The zero-order valence-electron chi connectivity index (χ0n) is 15.4. The number of aromatic nitrogens is 3. The number of nitro groups is 1. The maximum atomic E-state index is 14.0. The fourth-order valence-electron chi connectivity index (χ4n) is 3.02. The number of halogens is 1. The quantitative estimate of drug-likeness (QED) is 0.463. The van der Waals surface area contributed by atoms with Gasteiger partial charge in [-0.05, 0) is 40.8 Å². The van der Waals surface area contributed by atoms with Gasteiger partial charge in [0.1, 0.15) is 18.9 Å². The van der Waals surface area contributed by atoms with Crippen LogP contribution in [0.5, 0.6) is 11.8 Å². The minimum atomic E-state index is -0.564. The van der Waals surface area contributed by atoms with Crippen LogP contribution in [-0.4, -0.2) is 39.3 Å². The molecule has 0 amide bonds. The lowest BCUT2D eigenvalue weighted by molar-refractivity contribution is -0.389. The monoisotopic (exact) mass is 400 g/mol. The van der Waals surface area contributed by atoms with E-state index in [1.165, 1.54) is 19.4 Å². The van der Waals surface area contributed by atoms with Crippen molar-refractivity contribution in [3.63, 3.8) is 0 Å². The van der Waals surface area contributed by atoms with E-state index in [2.05, 4.69) is 9.97 Å². The van der Waals surface area contributed by atoms with E-state index in [1.54, 1.807) is 29.0 Å². The second-order valence-electron chi connectivity index (χ2n) is 6.43. The van der Waals surface area contributed by atoms with Crippen molar-refractivity contribution >= 4 is 5.82 Å². The highest BCUT2D eigenvalue weighted by Crippen LogP contribution is 2.26. The number of ether oxygens (including phenoxy) is 3. The van der Waals surface area contributed by atoms with Gasteiger partial charge in [0.05, 0.1) is 26.0 Å². The van der Waals surface area contributed by atoms with E-state index in [-0.39, 0.29) is 36.9 Å². The van der Waals surface area contributed by atoms with Crippen molar-refractivity contribution in [3.05, 3.63) is 64.2 Å². The van der Waals surface area contributed by atoms with E-state index in [0.29, 0.717) is 17.8 Å². The summed E-state index contributed by atoms with van der Waals surface area (Å²) in [4.78, 5) is 18.4. The van der Waals surface area contributed by atoms with E-state index in [0.717, 1.165) is 5.56 Å². The number of imidazole rings is 1. The third-order valence-electron chi connectivity index (χ3n) is 4.47. The van der Waals surface area contributed by atoms with Gasteiger partial charge in [0.15, 0.2) is 11.6 Å². The van der Waals surface area contributed by atoms with Crippen LogP contribution >= 0.6 is 0 Å². The lowest BCUT2D eigenvalue weighted by Gasteiger charge is -2.22. The number of nitrogens with zero attached hydrogens (tertiary/aromatic N) is 4. The zero-order chi connectivity index (χ0) is 20.4. The number of benzene rings is 1. The predicted molar refractivity (Wildman–Crippen MR) is 99.1 cm³/mol. The molecular formula is C19H17FN4O5. The number of pyridine rings is 1. The topological polar surface area (TPSA) is 102 Å². The standard InChI is InChI=1S/C19H17FN4O5/c1-27-17-3-2-13(7-15(17)20)16-6-12(4-5-21-16)10-28-14-8-23-9-18(24(25)26)22-19(23)29-11-14/h2-7,9,14H,8,10-11H2,1H3/t14-/m0/s1. The van der Waals surface area contributed by atoms with E-state index >= 15 is 0 Å². The van der Waals surface area contributed by atoms with E-state index in [9.17, 15) is 14.5 Å². The summed E-state index contributed by atoms with van der Waals surface area (Å²) in [6, 6.07) is 8.49. The van der Waals surface area contributed by atoms with Crippen molar-refractivity contribution in [2.45, 2.75) is 19.3 Å². The number of hydrogen-bond donors (Lipinski definition) is 0. The molecule has 0 aliphatic carbocycles. The van der Waals surface area contributed by atoms with Gasteiger partial charge in [0.25, 0.3) is 0 Å². The molecule has 1 aliphatic rings. The minimum absolute atomic E-state index is 0.171. The van der Waals surface area contributed by atoms with Crippen LogP contribution in [0.2, 0.25) is 0 Å². The fraction of sp³-hybridized carbons (Fsp3) is 0.263. The zero-order valence-corrected chi connectivity index (χ0v) is 15.4. The predicted octanol–water partition coefficient (Wildman–Crippen LogP) is 2.98. The molecule has 9 nitrogen and oxygen atoms in total. The molecule has 0 bridgehead atoms. The highest BCUT2D eigenvalue weighted by Gasteiger charge is 2.28. The molecule has 0 fully saturated rings. The first kappa shape index (κ1) is 18.8. The van der Waals surface area contributed by atoms with Crippen molar-refractivity contribution in [2.75, 3.05) is 13.7 Å². The molecule has 0 N–H and O–H groups in total. The summed E-state index contributed by atoms with van der Waals surface area (Å²) < 4.78 is 31.8. The number of hydrogen-bond acceptors (Lipinski definition) is 7. The van der Waals surface area contributed by atoms with Crippen LogP contribution in [0.25, 0.3) is 11.3 Å². The van der Waals surface area contributed by atoms with Crippen LogP contribution < -0.4 is 9.47 Å². The van der Waals surface area contributed by atoms with Crippen LogP contribution in [0.1, 0.15) is 5.56 Å². The van der Waals surface area contributed by atoms with Crippen LogP contribution in [0.15, 0.2) is 42.7 Å². The summed E-state index contributed by atoms with van der Waals surface area (Å²) >= 11 is 0. The van der Waals surface area contributed by atoms with E-state index in [1.807, 2.05) is 6.07 Å². The first-order valence-corrected chi connectivity index (χ1v) is 8.78. The summed E-state index contributed by atoms with van der Waals surface area (Å²) in [5, 5.41) is 10.8. The molecule has 1 atom stereocenters. The van der Waals surface area contributed by atoms with Gasteiger partial charge in [-0.1, -0.05) is 0 Å². The van der Waals surface area contributed by atoms with Gasteiger partial charge in [-0.15, -0.1) is 0 Å². The SMILES string of the molecule is COc1ccc(-c2cc(CO[C@@H]3COc4nc([N+](=O)[O-])cn4C3)ccn2)cc1F. The van der Waals surface area contributed by atoms with Crippen LogP contribution in [0.4, 0.5) is 10.2 Å². The molecule has 4 rings (SSSR count). The Morgan fingerprint density at radius 1 is 1.38 bits per heavy atom. The molecule has 0 unspecified atom stereocenters. The number of rotatable bonds is 6. The molecule has 150 valence electrons. The Bertz CT molecular complexity index is 1050. The molecule has 3 aromatic rings. The molecule has 3 heterocycles. The molecule has 29 heavy (non-hydrogen) atoms. The summed E-state index contributed by atoms with van der Waals surface area (Å²) in [5.74, 6) is -0.547. The number of methoxy groups -OCH3 is 1. The Balaban J connectivity index is 1.42. The maximum Gasteiger partial charge on any atom is 0.414 e. The Morgan fingerprint density at radius 3 is 3.00 bits per heavy atom. The van der Waals surface area contributed by atoms with Gasteiger partial charge in [0, 0.05) is 16.7 Å². The molecule has 2 aromatic heterocycles. The average molecular weight is 400 g/mol. The van der Waals surface area contributed by atoms with Gasteiger partial charge in [-0.3, -0.25) is 9.55 Å². The third kappa shape index (κ3) is 4.02. The number of fused-ring (bicyclic) bond motifs is 1. The van der Waals surface area contributed by atoms with Gasteiger partial charge < -0.3 is 24.3 Å². The minimum Gasteiger partial charge on any atom is -0.494 e. The molecule has 0 radical (unpaired) electrons. The van der Waals surface area contributed by atoms with E-state index < -0.39 is 10.7 Å². The summed E-state index contributed by atoms with van der Waals surface area (Å²) in [6.07, 6.45) is 2.67. The smallest absolute Gasteiger partial charge is 0.414 e. The van der Waals surface area contributed by atoms with Gasteiger partial charge >= 0.3 is 11.8 Å². The molecule has 0 saturated heterocycles. The Kier molecular flexibility index (Phi) is 5.09. The highest BCUT2D eigenvalue weighted by molar-refractivity contribution is 5.61. The van der Waals surface area contributed by atoms with Crippen molar-refractivity contribution in [1.29, 1.82) is 0 Å². The second-order valence-corrected chi connectivity index (χ2v) is 6.43. The van der Waals surface area contributed by atoms with Crippen LogP contribution in [0.3, 0.4) is 0 Å². The first-order chi connectivity index (χ1) is 14.0. The van der Waals surface area contributed by atoms with Crippen LogP contribution in [-0.2, 0) is 17.9 Å². The Labute approximate surface area is 164 Å². The molecule has 1 aromatic carbocycles. The van der Waals surface area contributed by atoms with Gasteiger partial charge in [-0.25, -0.2) is 4.39 Å². The van der Waals surface area contributed by atoms with Crippen molar-refractivity contribution in [3.8, 4) is 23.0 Å². The fourth-order valence-corrected chi connectivity index (χ4v) is 3.02. The summed E-state index contributed by atoms with van der Waals surface area (Å²) in [7, 11) is 1.41. The molecule has 0 saturated carbocycles. The average Bonchev–Trinajstić information content (AvgIpc) is 3.16. The van der Waals surface area contributed by atoms with Crippen LogP contribution in [0, 0.1) is 15.9 Å². The molecule has 1 aliphatic heterocycles. The first-order valence-electron chi connectivity index (χ1n) is 8.78. The Morgan fingerprint density at radius 2 is 2.24 bits per heavy atom. The highest BCUT2D eigenvalue weighted by atomic mass is 19.1. The van der Waals surface area contributed by atoms with Crippen molar-refractivity contribution in [2.24, 2.45) is 0 Å². The molecular weight excluding hydrogens is 383 g/mol. The molecule has 10 heteroatoms. The largest absolute Gasteiger partial charge is 0.494 e. The Hall–Kier alpha value is -3.53. The van der Waals surface area contributed by atoms with Crippen molar-refractivity contribution in [1.82, 2.24) is 14.5 Å². The summed E-state index contributed by atoms with van der Waals surface area (Å²) in [6.45, 7) is 0.932. The molecule has 0 spiro atoms. The van der Waals surface area contributed by atoms with E-state index in [4.69, 9.17) is 14.2 Å². The maximum absolute atomic E-state index is 14.0. The van der Waals surface area contributed by atoms with Gasteiger partial charge in [-0.2, -0.15) is 0 Å². The van der Waals surface area contributed by atoms with Gasteiger partial charge in [0.2, 0.25) is 0 Å². The second kappa shape index (κ2) is 7.84. The third-order valence-corrected chi connectivity index (χ3v) is 4.47. The lowest BCUT2D eigenvalue weighted by Crippen LogP contribution is -2.32. The summed E-state index contributed by atoms with van der Waals surface area (Å²) in [5.41, 5.74) is 2.09.